The van der Waals surface area contributed by atoms with Crippen molar-refractivity contribution in [1.29, 1.82) is 0 Å². The molecule has 0 amide bonds. The van der Waals surface area contributed by atoms with Gasteiger partial charge in [-0.3, -0.25) is 0 Å². The molecule has 0 atom stereocenters. The molecular weight excluding hydrogens is 225 g/mol. The number of unbranched alkanes of at least 4 members (excludes halogenated alkanes) is 3. The SMILES string of the molecule is CCCCC[CH2][Ge][Br]. The van der Waals surface area contributed by atoms with Gasteiger partial charge in [0.25, 0.3) is 0 Å². The number of halogens is 1. The zero-order valence-corrected chi connectivity index (χ0v) is 9.10. The minimum atomic E-state index is 0.296. The fraction of sp³-hybridized carbons (Fsp3) is 1.00. The number of hydrogen-bond acceptors (Lipinski definition) is 0. The zero-order valence-electron chi connectivity index (χ0n) is 5.41. The summed E-state index contributed by atoms with van der Waals surface area (Å²) in [5, 5.41) is 1.47. The predicted molar refractivity (Wildman–Crippen MR) is 43.6 cm³/mol. The van der Waals surface area contributed by atoms with E-state index in [1.54, 1.807) is 0 Å². The molecule has 0 aromatic heterocycles. The predicted octanol–water partition coefficient (Wildman–Crippen LogP) is 3.00. The summed E-state index contributed by atoms with van der Waals surface area (Å²) in [5.74, 6) is 0. The van der Waals surface area contributed by atoms with E-state index in [0.29, 0.717) is 13.6 Å². The number of rotatable bonds is 5. The molecule has 0 saturated carbocycles. The van der Waals surface area contributed by atoms with E-state index in [0.717, 1.165) is 0 Å². The van der Waals surface area contributed by atoms with Gasteiger partial charge in [-0.2, -0.15) is 0 Å². The summed E-state index contributed by atoms with van der Waals surface area (Å²) in [6.45, 7) is 2.25. The van der Waals surface area contributed by atoms with Crippen LogP contribution in [-0.2, 0) is 0 Å². The summed E-state index contributed by atoms with van der Waals surface area (Å²) in [6.07, 6.45) is 5.70. The summed E-state index contributed by atoms with van der Waals surface area (Å²) in [5.41, 5.74) is 0. The Morgan fingerprint density at radius 2 is 2.00 bits per heavy atom. The van der Waals surface area contributed by atoms with Crippen molar-refractivity contribution in [3.63, 3.8) is 0 Å². The third kappa shape index (κ3) is 7.02. The second-order valence-corrected chi connectivity index (χ2v) is 6.47. The van der Waals surface area contributed by atoms with E-state index in [1.165, 1.54) is 30.9 Å². The Morgan fingerprint density at radius 1 is 1.25 bits per heavy atom. The van der Waals surface area contributed by atoms with Crippen molar-refractivity contribution in [3.8, 4) is 0 Å². The van der Waals surface area contributed by atoms with E-state index in [9.17, 15) is 0 Å². The Kier molecular flexibility index (Phi) is 9.05. The van der Waals surface area contributed by atoms with Crippen molar-refractivity contribution in [2.24, 2.45) is 0 Å². The van der Waals surface area contributed by atoms with Crippen LogP contribution in [-0.4, -0.2) is 13.6 Å². The molecule has 0 aliphatic rings. The van der Waals surface area contributed by atoms with Gasteiger partial charge >= 0.3 is 65.5 Å². The van der Waals surface area contributed by atoms with E-state index in [-0.39, 0.29) is 0 Å². The van der Waals surface area contributed by atoms with Crippen LogP contribution in [0.4, 0.5) is 0 Å². The molecule has 0 aliphatic carbocycles. The monoisotopic (exact) mass is 238 g/mol. The molecule has 0 heterocycles. The molecule has 0 unspecified atom stereocenters. The van der Waals surface area contributed by atoms with Gasteiger partial charge in [-0.15, -0.1) is 0 Å². The van der Waals surface area contributed by atoms with Gasteiger partial charge in [-0.1, -0.05) is 0 Å². The topological polar surface area (TPSA) is 0 Å². The van der Waals surface area contributed by atoms with Crippen molar-refractivity contribution in [2.45, 2.75) is 37.9 Å². The standard InChI is InChI=1S/C6H13BrGe/c1-2-3-4-5-6-8-7/h2-6H2,1H3. The van der Waals surface area contributed by atoms with E-state index in [1.807, 2.05) is 0 Å². The summed E-state index contributed by atoms with van der Waals surface area (Å²) in [6, 6.07) is 0. The molecule has 0 aromatic rings. The first-order valence-electron chi connectivity index (χ1n) is 3.25. The molecule has 0 rings (SSSR count). The Morgan fingerprint density at radius 3 is 2.50 bits per heavy atom. The Balaban J connectivity index is 2.53. The maximum atomic E-state index is 3.53. The van der Waals surface area contributed by atoms with Crippen LogP contribution in [0.25, 0.3) is 0 Å². The van der Waals surface area contributed by atoms with Gasteiger partial charge in [-0.05, 0) is 0 Å². The van der Waals surface area contributed by atoms with E-state index in [2.05, 4.69) is 20.9 Å². The fourth-order valence-electron chi connectivity index (χ4n) is 0.619. The third-order valence-electron chi connectivity index (χ3n) is 1.12. The van der Waals surface area contributed by atoms with Crippen LogP contribution in [0.3, 0.4) is 0 Å². The molecule has 0 nitrogen and oxygen atoms in total. The van der Waals surface area contributed by atoms with E-state index < -0.39 is 0 Å². The first-order valence-corrected chi connectivity index (χ1v) is 9.65. The molecule has 0 saturated heterocycles. The molecule has 0 N–H and O–H groups in total. The first kappa shape index (κ1) is 9.02. The summed E-state index contributed by atoms with van der Waals surface area (Å²) < 4.78 is 0. The number of hydrogen-bond donors (Lipinski definition) is 0. The van der Waals surface area contributed by atoms with Crippen molar-refractivity contribution < 1.29 is 0 Å². The van der Waals surface area contributed by atoms with Crippen molar-refractivity contribution in [1.82, 2.24) is 0 Å². The Bertz CT molecular complexity index is 33.5. The van der Waals surface area contributed by atoms with Crippen LogP contribution in [0.15, 0.2) is 0 Å². The third-order valence-corrected chi connectivity index (χ3v) is 4.32. The molecule has 0 fully saturated rings. The van der Waals surface area contributed by atoms with Crippen LogP contribution in [0, 0.1) is 0 Å². The molecular formula is C6H13BrGe. The quantitative estimate of drug-likeness (QED) is 0.509. The second-order valence-electron chi connectivity index (χ2n) is 1.94. The van der Waals surface area contributed by atoms with Gasteiger partial charge in [-0.25, -0.2) is 0 Å². The van der Waals surface area contributed by atoms with Crippen LogP contribution in [0.5, 0.6) is 0 Å². The van der Waals surface area contributed by atoms with Gasteiger partial charge in [0.05, 0.1) is 0 Å². The molecule has 8 heavy (non-hydrogen) atoms. The molecule has 2 heteroatoms. The van der Waals surface area contributed by atoms with E-state index >= 15 is 0 Å². The average Bonchev–Trinajstić information content (AvgIpc) is 1.81. The summed E-state index contributed by atoms with van der Waals surface area (Å²) >= 11 is 3.82. The van der Waals surface area contributed by atoms with Gasteiger partial charge in [0, 0.05) is 0 Å². The molecule has 0 aliphatic heterocycles. The van der Waals surface area contributed by atoms with Gasteiger partial charge in [0.1, 0.15) is 0 Å². The van der Waals surface area contributed by atoms with Crippen molar-refractivity contribution >= 4 is 27.6 Å². The molecule has 48 valence electrons. The zero-order chi connectivity index (χ0) is 6.24. The molecule has 2 radical (unpaired) electrons. The first-order chi connectivity index (χ1) is 3.91. The summed E-state index contributed by atoms with van der Waals surface area (Å²) in [4.78, 5) is 0. The fourth-order valence-corrected chi connectivity index (χ4v) is 2.88. The van der Waals surface area contributed by atoms with Crippen LogP contribution in [0.2, 0.25) is 5.25 Å². The van der Waals surface area contributed by atoms with Crippen molar-refractivity contribution in [3.05, 3.63) is 0 Å². The minimum absolute atomic E-state index is 0.296. The van der Waals surface area contributed by atoms with Gasteiger partial charge in [0.15, 0.2) is 0 Å². The Labute approximate surface area is 65.5 Å². The summed E-state index contributed by atoms with van der Waals surface area (Å²) in [7, 11) is 0. The second kappa shape index (κ2) is 8.02. The average molecular weight is 238 g/mol. The van der Waals surface area contributed by atoms with Crippen LogP contribution < -0.4 is 0 Å². The van der Waals surface area contributed by atoms with Crippen molar-refractivity contribution in [2.75, 3.05) is 0 Å². The molecule has 0 spiro atoms. The van der Waals surface area contributed by atoms with Crippen LogP contribution >= 0.6 is 14.0 Å². The Hall–Kier alpha value is 1.02. The van der Waals surface area contributed by atoms with Gasteiger partial charge < -0.3 is 0 Å². The van der Waals surface area contributed by atoms with E-state index in [4.69, 9.17) is 0 Å². The normalized spacial score (nSPS) is 9.75. The maximum absolute atomic E-state index is 3.53. The van der Waals surface area contributed by atoms with Gasteiger partial charge in [0.2, 0.25) is 0 Å². The van der Waals surface area contributed by atoms with Crippen LogP contribution in [0.1, 0.15) is 32.6 Å². The molecule has 0 bridgehead atoms. The molecule has 0 aromatic carbocycles.